The average molecular weight is 483 g/mol. The van der Waals surface area contributed by atoms with Crippen molar-refractivity contribution in [2.24, 2.45) is 0 Å². The number of carbonyl (C=O) groups excluding carboxylic acids is 1. The first-order valence-electron chi connectivity index (χ1n) is 11.8. The Morgan fingerprint density at radius 1 is 1.00 bits per heavy atom. The lowest BCUT2D eigenvalue weighted by Gasteiger charge is -2.31. The summed E-state index contributed by atoms with van der Waals surface area (Å²) in [5.74, 6) is 0.389. The van der Waals surface area contributed by atoms with E-state index >= 15 is 0 Å². The Hall–Kier alpha value is -2.72. The van der Waals surface area contributed by atoms with Crippen molar-refractivity contribution in [1.29, 1.82) is 0 Å². The van der Waals surface area contributed by atoms with Gasteiger partial charge in [-0.25, -0.2) is 8.42 Å². The van der Waals surface area contributed by atoms with Gasteiger partial charge in [-0.3, -0.25) is 9.69 Å². The molecule has 2 aromatic carbocycles. The number of para-hydroxylation sites is 1. The van der Waals surface area contributed by atoms with Crippen LogP contribution in [0.25, 0.3) is 10.9 Å². The van der Waals surface area contributed by atoms with E-state index in [1.54, 1.807) is 24.3 Å². The van der Waals surface area contributed by atoms with Crippen LogP contribution in [-0.4, -0.2) is 74.5 Å². The third kappa shape index (κ3) is 5.02. The highest BCUT2D eigenvalue weighted by molar-refractivity contribution is 7.89. The smallest absolute Gasteiger partial charge is 0.243 e. The number of rotatable bonds is 6. The molecule has 0 saturated carbocycles. The number of fused-ring (bicyclic) bond motifs is 1. The molecule has 180 valence electrons. The molecule has 0 radical (unpaired) electrons. The number of carbonyl (C=O) groups is 1. The number of amides is 1. The molecule has 1 aromatic heterocycles. The van der Waals surface area contributed by atoms with Crippen LogP contribution in [0.2, 0.25) is 0 Å². The maximum absolute atomic E-state index is 12.7. The van der Waals surface area contributed by atoms with Gasteiger partial charge in [0.2, 0.25) is 15.9 Å². The number of H-pyrrole nitrogens is 1. The van der Waals surface area contributed by atoms with Crippen molar-refractivity contribution in [3.63, 3.8) is 0 Å². The molecule has 0 bridgehead atoms. The van der Waals surface area contributed by atoms with Crippen LogP contribution in [0.3, 0.4) is 0 Å². The van der Waals surface area contributed by atoms with E-state index in [0.717, 1.165) is 25.9 Å². The van der Waals surface area contributed by atoms with Gasteiger partial charge in [0, 0.05) is 35.9 Å². The number of aromatic amines is 1. The number of hydrogen-bond donors (Lipinski definition) is 2. The minimum absolute atomic E-state index is 0.0900. The van der Waals surface area contributed by atoms with Crippen molar-refractivity contribution >= 4 is 32.5 Å². The van der Waals surface area contributed by atoms with Gasteiger partial charge in [-0.15, -0.1) is 0 Å². The van der Waals surface area contributed by atoms with Crippen LogP contribution >= 0.6 is 0 Å². The number of aromatic nitrogens is 1. The second kappa shape index (κ2) is 9.87. The Morgan fingerprint density at radius 3 is 2.41 bits per heavy atom. The van der Waals surface area contributed by atoms with Gasteiger partial charge in [0.15, 0.2) is 0 Å². The topological polar surface area (TPSA) is 94.7 Å². The number of benzene rings is 2. The van der Waals surface area contributed by atoms with Crippen molar-refractivity contribution in [1.82, 2.24) is 14.2 Å². The summed E-state index contributed by atoms with van der Waals surface area (Å²) in [5.41, 5.74) is 3.04. The van der Waals surface area contributed by atoms with Crippen molar-refractivity contribution in [2.75, 3.05) is 51.3 Å². The summed E-state index contributed by atoms with van der Waals surface area (Å²) in [6.45, 7) is 3.59. The number of nitrogens with one attached hydrogen (secondary N) is 2. The van der Waals surface area contributed by atoms with Gasteiger partial charge in [-0.2, -0.15) is 4.31 Å². The van der Waals surface area contributed by atoms with Crippen molar-refractivity contribution in [2.45, 2.75) is 23.7 Å². The normalized spacial score (nSPS) is 18.8. The van der Waals surface area contributed by atoms with E-state index in [4.69, 9.17) is 4.74 Å². The monoisotopic (exact) mass is 482 g/mol. The molecule has 2 N–H and O–H groups in total. The van der Waals surface area contributed by atoms with Crippen LogP contribution in [-0.2, 0) is 19.6 Å². The number of morpholine rings is 1. The molecule has 34 heavy (non-hydrogen) atoms. The summed E-state index contributed by atoms with van der Waals surface area (Å²) in [6.07, 6.45) is 2.02. The van der Waals surface area contributed by atoms with Gasteiger partial charge in [0.05, 0.1) is 24.7 Å². The van der Waals surface area contributed by atoms with E-state index in [1.165, 1.54) is 20.9 Å². The lowest BCUT2D eigenvalue weighted by atomic mass is 9.93. The first-order valence-corrected chi connectivity index (χ1v) is 13.2. The van der Waals surface area contributed by atoms with Crippen LogP contribution in [0.1, 0.15) is 24.5 Å². The van der Waals surface area contributed by atoms with Crippen molar-refractivity contribution in [3.05, 3.63) is 60.3 Å². The number of ether oxygens (including phenoxy) is 1. The fourth-order valence-corrected chi connectivity index (χ4v) is 6.18. The maximum atomic E-state index is 12.7. The molecule has 2 aliphatic heterocycles. The Kier molecular flexibility index (Phi) is 6.69. The predicted octanol–water partition coefficient (Wildman–Crippen LogP) is 3.01. The van der Waals surface area contributed by atoms with Crippen LogP contribution in [0, 0.1) is 0 Å². The Balaban J connectivity index is 1.12. The molecule has 8 nitrogen and oxygen atoms in total. The molecule has 2 fully saturated rings. The average Bonchev–Trinajstić information content (AvgIpc) is 3.30. The zero-order chi connectivity index (χ0) is 23.5. The number of anilines is 1. The van der Waals surface area contributed by atoms with E-state index < -0.39 is 10.0 Å². The van der Waals surface area contributed by atoms with E-state index in [-0.39, 0.29) is 10.8 Å². The minimum atomic E-state index is -3.54. The number of piperidine rings is 1. The minimum Gasteiger partial charge on any atom is -0.379 e. The summed E-state index contributed by atoms with van der Waals surface area (Å²) in [7, 11) is -3.54. The lowest BCUT2D eigenvalue weighted by Crippen LogP contribution is -2.40. The van der Waals surface area contributed by atoms with E-state index in [9.17, 15) is 13.2 Å². The number of likely N-dealkylation sites (tertiary alicyclic amines) is 1. The number of nitrogens with zero attached hydrogens (tertiary/aromatic N) is 2. The molecule has 0 spiro atoms. The molecular weight excluding hydrogens is 452 g/mol. The fourth-order valence-electron chi connectivity index (χ4n) is 4.77. The Bertz CT molecular complexity index is 1210. The Morgan fingerprint density at radius 2 is 1.71 bits per heavy atom. The molecule has 9 heteroatoms. The first-order chi connectivity index (χ1) is 16.5. The molecule has 3 heterocycles. The summed E-state index contributed by atoms with van der Waals surface area (Å²) in [6, 6.07) is 16.9. The SMILES string of the molecule is O=C(CN1CCC(c2cc3ccccc3[nH]2)CC1)Nc1ccc(S(=O)(=O)N2CCOCC2)cc1. The molecule has 2 aliphatic rings. The fraction of sp³-hybridized carbons (Fsp3) is 0.400. The summed E-state index contributed by atoms with van der Waals surface area (Å²) in [5, 5.41) is 4.13. The summed E-state index contributed by atoms with van der Waals surface area (Å²) >= 11 is 0. The van der Waals surface area contributed by atoms with Crippen molar-refractivity contribution < 1.29 is 17.9 Å². The van der Waals surface area contributed by atoms with Crippen LogP contribution in [0.15, 0.2) is 59.5 Å². The molecular formula is C25H30N4O4S. The van der Waals surface area contributed by atoms with Crippen LogP contribution < -0.4 is 5.32 Å². The van der Waals surface area contributed by atoms with Gasteiger partial charge in [0.25, 0.3) is 0 Å². The summed E-state index contributed by atoms with van der Waals surface area (Å²) < 4.78 is 32.1. The molecule has 5 rings (SSSR count). The molecule has 3 aromatic rings. The highest BCUT2D eigenvalue weighted by Gasteiger charge is 2.26. The van der Waals surface area contributed by atoms with Crippen LogP contribution in [0.5, 0.6) is 0 Å². The van der Waals surface area contributed by atoms with Gasteiger partial charge in [0.1, 0.15) is 0 Å². The highest BCUT2D eigenvalue weighted by Crippen LogP contribution is 2.30. The number of sulfonamides is 1. The molecule has 0 aliphatic carbocycles. The van der Waals surface area contributed by atoms with Gasteiger partial charge in [-0.1, -0.05) is 18.2 Å². The second-order valence-corrected chi connectivity index (χ2v) is 10.9. The predicted molar refractivity (Wildman–Crippen MR) is 131 cm³/mol. The van der Waals surface area contributed by atoms with Gasteiger partial charge in [-0.05, 0) is 67.7 Å². The third-order valence-electron chi connectivity index (χ3n) is 6.69. The van der Waals surface area contributed by atoms with Gasteiger partial charge < -0.3 is 15.0 Å². The zero-order valence-corrected chi connectivity index (χ0v) is 19.9. The van der Waals surface area contributed by atoms with E-state index in [2.05, 4.69) is 39.5 Å². The van der Waals surface area contributed by atoms with Crippen LogP contribution in [0.4, 0.5) is 5.69 Å². The quantitative estimate of drug-likeness (QED) is 0.563. The van der Waals surface area contributed by atoms with Crippen molar-refractivity contribution in [3.8, 4) is 0 Å². The number of hydrogen-bond acceptors (Lipinski definition) is 5. The Labute approximate surface area is 199 Å². The zero-order valence-electron chi connectivity index (χ0n) is 19.1. The molecule has 0 atom stereocenters. The maximum Gasteiger partial charge on any atom is 0.243 e. The van der Waals surface area contributed by atoms with Gasteiger partial charge >= 0.3 is 0 Å². The standard InChI is InChI=1S/C25H30N4O4S/c30-25(26-21-5-7-22(8-6-21)34(31,32)29-13-15-33-16-14-29)18-28-11-9-19(10-12-28)24-17-20-3-1-2-4-23(20)27-24/h1-8,17,19,27H,9-16,18H2,(H,26,30). The largest absolute Gasteiger partial charge is 0.379 e. The summed E-state index contributed by atoms with van der Waals surface area (Å²) in [4.78, 5) is 18.5. The van der Waals surface area contributed by atoms with E-state index in [1.807, 2.05) is 6.07 Å². The third-order valence-corrected chi connectivity index (χ3v) is 8.60. The lowest BCUT2D eigenvalue weighted by molar-refractivity contribution is -0.117. The second-order valence-electron chi connectivity index (χ2n) is 8.95. The first kappa shape index (κ1) is 23.0. The molecule has 2 saturated heterocycles. The molecule has 1 amide bonds. The molecule has 0 unspecified atom stereocenters. The highest BCUT2D eigenvalue weighted by atomic mass is 32.2. The van der Waals surface area contributed by atoms with E-state index in [0.29, 0.717) is 44.5 Å².